The number of nitrogens with one attached hydrogen (secondary N) is 1. The highest BCUT2D eigenvalue weighted by molar-refractivity contribution is 6.09. The Morgan fingerprint density at radius 3 is 2.60 bits per heavy atom. The van der Waals surface area contributed by atoms with Crippen molar-refractivity contribution in [2.24, 2.45) is 0 Å². The first-order valence-corrected chi connectivity index (χ1v) is 10.2. The maximum absolute atomic E-state index is 12.5. The van der Waals surface area contributed by atoms with Crippen LogP contribution in [0.4, 0.5) is 4.79 Å². The molecule has 1 rings (SSSR count). The fourth-order valence-corrected chi connectivity index (χ4v) is 2.75. The van der Waals surface area contributed by atoms with Crippen molar-refractivity contribution in [2.75, 3.05) is 0 Å². The summed E-state index contributed by atoms with van der Waals surface area (Å²) in [6.07, 6.45) is 12.6. The quantitative estimate of drug-likeness (QED) is 0.184. The molecule has 1 heterocycles. The molecule has 0 radical (unpaired) electrons. The molecule has 7 nitrogen and oxygen atoms in total. The predicted molar refractivity (Wildman–Crippen MR) is 116 cm³/mol. The minimum Gasteiger partial charge on any atom is -0.507 e. The Labute approximate surface area is 176 Å². The minimum atomic E-state index is -1.15. The van der Waals surface area contributed by atoms with E-state index in [-0.39, 0.29) is 17.2 Å². The molecular formula is C23H31NO6. The van der Waals surface area contributed by atoms with Gasteiger partial charge in [0.15, 0.2) is 5.78 Å². The first-order valence-electron chi connectivity index (χ1n) is 10.2. The van der Waals surface area contributed by atoms with E-state index in [9.17, 15) is 19.5 Å². The molecule has 0 aliphatic heterocycles. The lowest BCUT2D eigenvalue weighted by Crippen LogP contribution is -2.16. The zero-order chi connectivity index (χ0) is 22.5. The highest BCUT2D eigenvalue weighted by Crippen LogP contribution is 2.25. The number of hydrogen-bond donors (Lipinski definition) is 3. The van der Waals surface area contributed by atoms with Crippen molar-refractivity contribution in [2.45, 2.75) is 65.2 Å². The van der Waals surface area contributed by atoms with E-state index in [0.29, 0.717) is 18.4 Å². The number of aromatic hydroxyl groups is 1. The molecule has 0 aliphatic rings. The maximum Gasteiger partial charge on any atom is 0.408 e. The smallest absolute Gasteiger partial charge is 0.408 e. The molecule has 164 valence electrons. The van der Waals surface area contributed by atoms with Gasteiger partial charge >= 0.3 is 11.7 Å². The highest BCUT2D eigenvalue weighted by Gasteiger charge is 2.21. The number of unbranched alkanes of at least 4 members (excludes halogenated alkanes) is 3. The van der Waals surface area contributed by atoms with Gasteiger partial charge in [-0.2, -0.15) is 0 Å². The van der Waals surface area contributed by atoms with E-state index >= 15 is 0 Å². The lowest BCUT2D eigenvalue weighted by Gasteiger charge is -2.11. The molecule has 1 aromatic heterocycles. The molecule has 1 amide bonds. The standard InChI is InChI=1S/C23H31NO6/c1-4-5-6-7-8-9-13-17(3)21(26)20-18(25)15-19(30-22(20)27)16(2)12-10-11-14-24-23(28)29/h8-9,11,13-16,24-25H,4-7,10,12H2,1-3H3,(H,28,29). The predicted octanol–water partition coefficient (Wildman–Crippen LogP) is 5.28. The van der Waals surface area contributed by atoms with Gasteiger partial charge in [0, 0.05) is 18.2 Å². The summed E-state index contributed by atoms with van der Waals surface area (Å²) in [4.78, 5) is 35.2. The van der Waals surface area contributed by atoms with Crippen molar-refractivity contribution >= 4 is 11.9 Å². The number of hydrogen-bond acceptors (Lipinski definition) is 5. The summed E-state index contributed by atoms with van der Waals surface area (Å²) in [6, 6.07) is 1.30. The Kier molecular flexibility index (Phi) is 11.0. The summed E-state index contributed by atoms with van der Waals surface area (Å²) in [5.41, 5.74) is -0.907. The number of carbonyl (C=O) groups excluding carboxylic acids is 1. The van der Waals surface area contributed by atoms with E-state index in [1.165, 1.54) is 12.3 Å². The normalized spacial score (nSPS) is 13.1. The van der Waals surface area contributed by atoms with Crippen molar-refractivity contribution in [3.8, 4) is 5.75 Å². The molecule has 0 saturated heterocycles. The summed E-state index contributed by atoms with van der Waals surface area (Å²) in [5.74, 6) is -0.904. The molecule has 1 unspecified atom stereocenters. The molecule has 3 N–H and O–H groups in total. The zero-order valence-corrected chi connectivity index (χ0v) is 17.8. The molecule has 0 fully saturated rings. The molecule has 30 heavy (non-hydrogen) atoms. The zero-order valence-electron chi connectivity index (χ0n) is 17.8. The van der Waals surface area contributed by atoms with Gasteiger partial charge in [-0.05, 0) is 38.2 Å². The Bertz CT molecular complexity index is 863. The fraction of sp³-hybridized carbons (Fsp3) is 0.435. The van der Waals surface area contributed by atoms with Gasteiger partial charge in [-0.15, -0.1) is 0 Å². The molecule has 7 heteroatoms. The van der Waals surface area contributed by atoms with Crippen LogP contribution in [0.2, 0.25) is 0 Å². The van der Waals surface area contributed by atoms with E-state index in [2.05, 4.69) is 12.2 Å². The largest absolute Gasteiger partial charge is 0.507 e. The summed E-state index contributed by atoms with van der Waals surface area (Å²) in [5, 5.41) is 20.9. The van der Waals surface area contributed by atoms with Crippen LogP contribution in [0.5, 0.6) is 5.75 Å². The van der Waals surface area contributed by atoms with Crippen LogP contribution in [0.25, 0.3) is 0 Å². The van der Waals surface area contributed by atoms with Gasteiger partial charge in [0.1, 0.15) is 17.1 Å². The Morgan fingerprint density at radius 1 is 1.23 bits per heavy atom. The third-order valence-corrected chi connectivity index (χ3v) is 4.57. The lowest BCUT2D eigenvalue weighted by atomic mass is 10.00. The van der Waals surface area contributed by atoms with Crippen LogP contribution in [0.3, 0.4) is 0 Å². The van der Waals surface area contributed by atoms with Crippen molar-refractivity contribution < 1.29 is 24.2 Å². The fourth-order valence-electron chi connectivity index (χ4n) is 2.75. The van der Waals surface area contributed by atoms with Crippen molar-refractivity contribution in [1.82, 2.24) is 5.32 Å². The topological polar surface area (TPSA) is 117 Å². The monoisotopic (exact) mass is 417 g/mol. The number of rotatable bonds is 12. The Hall–Kier alpha value is -3.09. The molecule has 1 aromatic rings. The maximum atomic E-state index is 12.5. The number of allylic oxidation sites excluding steroid dienone is 5. The van der Waals surface area contributed by atoms with Crippen LogP contribution < -0.4 is 10.9 Å². The first kappa shape index (κ1) is 24.9. The summed E-state index contributed by atoms with van der Waals surface area (Å²) >= 11 is 0. The third-order valence-electron chi connectivity index (χ3n) is 4.57. The summed E-state index contributed by atoms with van der Waals surface area (Å²) < 4.78 is 5.27. The Balaban J connectivity index is 2.81. The van der Waals surface area contributed by atoms with E-state index < -0.39 is 23.3 Å². The molecule has 1 atom stereocenters. The Morgan fingerprint density at radius 2 is 1.97 bits per heavy atom. The number of carbonyl (C=O) groups is 2. The van der Waals surface area contributed by atoms with Crippen LogP contribution in [0.15, 0.2) is 51.4 Å². The molecule has 0 aromatic carbocycles. The second-order valence-corrected chi connectivity index (χ2v) is 7.13. The van der Waals surface area contributed by atoms with Crippen molar-refractivity contribution in [3.63, 3.8) is 0 Å². The van der Waals surface area contributed by atoms with Crippen LogP contribution in [0, 0.1) is 0 Å². The van der Waals surface area contributed by atoms with Crippen LogP contribution in [-0.4, -0.2) is 22.1 Å². The van der Waals surface area contributed by atoms with E-state index in [4.69, 9.17) is 9.52 Å². The minimum absolute atomic E-state index is 0.204. The SMILES string of the molecule is CCCCCC=CC=C(C)C(=O)c1c(O)cc(C(C)CCC=CNC(=O)O)oc1=O. The third kappa shape index (κ3) is 8.51. The lowest BCUT2D eigenvalue weighted by molar-refractivity contribution is 0.102. The van der Waals surface area contributed by atoms with Gasteiger partial charge < -0.3 is 14.6 Å². The number of ketones is 1. The molecular weight excluding hydrogens is 386 g/mol. The summed E-state index contributed by atoms with van der Waals surface area (Å²) in [7, 11) is 0. The summed E-state index contributed by atoms with van der Waals surface area (Å²) in [6.45, 7) is 5.53. The van der Waals surface area contributed by atoms with Gasteiger partial charge in [-0.1, -0.05) is 51.0 Å². The van der Waals surface area contributed by atoms with Gasteiger partial charge in [-0.3, -0.25) is 10.1 Å². The average molecular weight is 418 g/mol. The van der Waals surface area contributed by atoms with Gasteiger partial charge in [0.05, 0.1) is 0 Å². The number of carboxylic acid groups (broad SMARTS) is 1. The van der Waals surface area contributed by atoms with Crippen LogP contribution in [-0.2, 0) is 0 Å². The average Bonchev–Trinajstić information content (AvgIpc) is 2.69. The molecule has 0 aliphatic carbocycles. The number of Topliss-reactive ketones (excluding diaryl/α,β-unsaturated/α-hetero) is 1. The second-order valence-electron chi connectivity index (χ2n) is 7.13. The number of amides is 1. The molecule has 0 bridgehead atoms. The van der Waals surface area contributed by atoms with Gasteiger partial charge in [-0.25, -0.2) is 9.59 Å². The second kappa shape index (κ2) is 13.2. The van der Waals surface area contributed by atoms with Gasteiger partial charge in [0.25, 0.3) is 0 Å². The van der Waals surface area contributed by atoms with Crippen molar-refractivity contribution in [1.29, 1.82) is 0 Å². The van der Waals surface area contributed by atoms with E-state index in [1.807, 2.05) is 13.0 Å². The van der Waals surface area contributed by atoms with Crippen LogP contribution in [0.1, 0.15) is 81.3 Å². The van der Waals surface area contributed by atoms with E-state index in [1.54, 1.807) is 25.2 Å². The first-order chi connectivity index (χ1) is 14.3. The molecule has 0 spiro atoms. The van der Waals surface area contributed by atoms with E-state index in [0.717, 1.165) is 25.7 Å². The highest BCUT2D eigenvalue weighted by atomic mass is 16.4. The van der Waals surface area contributed by atoms with Gasteiger partial charge in [0.2, 0.25) is 0 Å². The molecule has 0 saturated carbocycles. The van der Waals surface area contributed by atoms with Crippen LogP contribution >= 0.6 is 0 Å². The van der Waals surface area contributed by atoms with Crippen molar-refractivity contribution in [3.05, 3.63) is 63.9 Å².